The van der Waals surface area contributed by atoms with Gasteiger partial charge in [-0.1, -0.05) is 6.08 Å². The van der Waals surface area contributed by atoms with Crippen LogP contribution in [0, 0.1) is 0 Å². The number of hydrogen-bond donors (Lipinski definition) is 0. The molecule has 1 atom stereocenters. The molecule has 0 aromatic carbocycles. The quantitative estimate of drug-likeness (QED) is 0.399. The molecule has 10 heavy (non-hydrogen) atoms. The molecule has 4 heteroatoms. The number of thioether (sulfide) groups is 1. The molecule has 1 rings (SSSR count). The molecular weight excluding hydrogens is 166 g/mol. The van der Waals surface area contributed by atoms with Crippen LogP contribution in [-0.4, -0.2) is 15.3 Å². The number of nitrogens with zero attached hydrogens (tertiary/aromatic N) is 1. The molecule has 0 N–H and O–H groups in total. The Bertz CT molecular complexity index is 221. The van der Waals surface area contributed by atoms with Gasteiger partial charge in [0.15, 0.2) is 5.38 Å². The molecule has 0 aliphatic rings. The third-order valence-corrected chi connectivity index (χ3v) is 3.28. The Hall–Kier alpha value is -0.320. The van der Waals surface area contributed by atoms with E-state index in [1.165, 1.54) is 11.8 Å². The van der Waals surface area contributed by atoms with E-state index in [9.17, 15) is 4.55 Å². The van der Waals surface area contributed by atoms with E-state index in [-0.39, 0.29) is 0 Å². The highest BCUT2D eigenvalue weighted by Gasteiger charge is 2.04. The minimum absolute atomic E-state index is 0.680. The van der Waals surface area contributed by atoms with Crippen molar-refractivity contribution in [2.45, 2.75) is 4.34 Å². The maximum atomic E-state index is 10.9. The highest BCUT2D eigenvalue weighted by Crippen LogP contribution is 2.27. The Balaban J connectivity index is 2.56. The topological polar surface area (TPSA) is 36.0 Å². The molecule has 0 bridgehead atoms. The Morgan fingerprint density at radius 3 is 3.20 bits per heavy atom. The predicted octanol–water partition coefficient (Wildman–Crippen LogP) is 2.09. The van der Waals surface area contributed by atoms with Crippen LogP contribution in [0.1, 0.15) is 0 Å². The summed E-state index contributed by atoms with van der Waals surface area (Å²) in [7, 11) is -0.977. The lowest BCUT2D eigenvalue weighted by Crippen LogP contribution is -1.71. The zero-order valence-corrected chi connectivity index (χ0v) is 6.95. The van der Waals surface area contributed by atoms with Gasteiger partial charge in [0.2, 0.25) is 0 Å². The lowest BCUT2D eigenvalue weighted by molar-refractivity contribution is 0.593. The molecule has 54 valence electrons. The number of hydrogen-bond acceptors (Lipinski definition) is 3. The molecule has 0 amide bonds. The van der Waals surface area contributed by atoms with Gasteiger partial charge in [-0.2, -0.15) is 4.98 Å². The molecule has 0 radical (unpaired) electrons. The van der Waals surface area contributed by atoms with E-state index >= 15 is 0 Å². The summed E-state index contributed by atoms with van der Waals surface area (Å²) in [6.45, 7) is 3.55. The first-order valence-electron chi connectivity index (χ1n) is 2.73. The summed E-state index contributed by atoms with van der Waals surface area (Å²) < 4.78 is 11.6. The third kappa shape index (κ3) is 1.83. The molecule has 1 aromatic heterocycles. The van der Waals surface area contributed by atoms with Gasteiger partial charge in [-0.15, -0.1) is 6.58 Å². The first kappa shape index (κ1) is 7.78. The maximum absolute atomic E-state index is 10.9. The second kappa shape index (κ2) is 3.75. The zero-order valence-electron chi connectivity index (χ0n) is 5.32. The molecule has 0 saturated carbocycles. The molecule has 1 heterocycles. The van der Waals surface area contributed by atoms with Crippen LogP contribution in [0.4, 0.5) is 0 Å². The molecule has 0 aliphatic heterocycles. The summed E-state index contributed by atoms with van der Waals surface area (Å²) in [5.74, 6) is 0.770. The van der Waals surface area contributed by atoms with Crippen molar-refractivity contribution in [2.75, 3.05) is 5.75 Å². The van der Waals surface area contributed by atoms with Gasteiger partial charge >= 0.3 is 4.34 Å². The Morgan fingerprint density at radius 2 is 2.70 bits per heavy atom. The number of thiazole rings is 1. The average molecular weight is 173 g/mol. The van der Waals surface area contributed by atoms with Gasteiger partial charge in [-0.3, -0.25) is 0 Å². The van der Waals surface area contributed by atoms with Crippen LogP contribution in [0.15, 0.2) is 28.6 Å². The summed E-state index contributed by atoms with van der Waals surface area (Å²) in [6, 6.07) is 0. The Labute approximate surface area is 66.8 Å². The Kier molecular flexibility index (Phi) is 2.92. The van der Waals surface area contributed by atoms with E-state index in [1.807, 2.05) is 0 Å². The highest BCUT2D eigenvalue weighted by atomic mass is 32.2. The first-order chi connectivity index (χ1) is 4.84. The monoisotopic (exact) mass is 173 g/mol. The fourth-order valence-electron chi connectivity index (χ4n) is 0.482. The van der Waals surface area contributed by atoms with Crippen LogP contribution in [-0.2, 0) is 0 Å². The standard InChI is InChI=1S/C6H7NOS2/c1-2-4-9-6-7-3-5-10(6)8/h2-3,5H,1,4H2. The second-order valence-corrected chi connectivity index (χ2v) is 4.10. The lowest BCUT2D eigenvalue weighted by atomic mass is 10.8. The van der Waals surface area contributed by atoms with Crippen molar-refractivity contribution < 1.29 is 4.55 Å². The van der Waals surface area contributed by atoms with E-state index in [4.69, 9.17) is 0 Å². The highest BCUT2D eigenvalue weighted by molar-refractivity contribution is 8.01. The molecule has 0 spiro atoms. The van der Waals surface area contributed by atoms with Crippen molar-refractivity contribution in [1.29, 1.82) is 0 Å². The zero-order chi connectivity index (χ0) is 7.40. The van der Waals surface area contributed by atoms with Crippen LogP contribution in [0.3, 0.4) is 0 Å². The molecule has 1 aromatic rings. The minimum Gasteiger partial charge on any atom is -0.589 e. The van der Waals surface area contributed by atoms with E-state index < -0.39 is 10.8 Å². The van der Waals surface area contributed by atoms with Gasteiger partial charge in [0, 0.05) is 5.75 Å². The van der Waals surface area contributed by atoms with Crippen molar-refractivity contribution >= 4 is 22.5 Å². The van der Waals surface area contributed by atoms with Crippen molar-refractivity contribution in [2.24, 2.45) is 0 Å². The van der Waals surface area contributed by atoms with Gasteiger partial charge in [0.1, 0.15) is 0 Å². The van der Waals surface area contributed by atoms with E-state index in [0.29, 0.717) is 4.34 Å². The third-order valence-electron chi connectivity index (χ3n) is 0.861. The van der Waals surface area contributed by atoms with Gasteiger partial charge in [-0.25, -0.2) is 0 Å². The van der Waals surface area contributed by atoms with Crippen LogP contribution in [0.2, 0.25) is 0 Å². The summed E-state index contributed by atoms with van der Waals surface area (Å²) in [5, 5.41) is 1.57. The fraction of sp³-hybridized carbons (Fsp3) is 0.167. The normalized spacial score (nSPS) is 11.5. The number of rotatable bonds is 3. The summed E-state index contributed by atoms with van der Waals surface area (Å²) in [5.41, 5.74) is 0. The molecule has 0 aliphatic carbocycles. The van der Waals surface area contributed by atoms with Gasteiger partial charge in [0.05, 0.1) is 6.20 Å². The predicted molar refractivity (Wildman–Crippen MR) is 43.8 cm³/mol. The van der Waals surface area contributed by atoms with Crippen molar-refractivity contribution in [3.63, 3.8) is 0 Å². The first-order valence-corrected chi connectivity index (χ1v) is 4.93. The summed E-state index contributed by atoms with van der Waals surface area (Å²) >= 11 is 1.46. The molecule has 0 fully saturated rings. The van der Waals surface area contributed by atoms with Crippen LogP contribution in [0.5, 0.6) is 0 Å². The van der Waals surface area contributed by atoms with Crippen LogP contribution < -0.4 is 0 Å². The molecule has 1 unspecified atom stereocenters. The molecule has 0 saturated heterocycles. The van der Waals surface area contributed by atoms with E-state index in [1.54, 1.807) is 17.7 Å². The van der Waals surface area contributed by atoms with Gasteiger partial charge in [0.25, 0.3) is 0 Å². The van der Waals surface area contributed by atoms with Crippen molar-refractivity contribution in [1.82, 2.24) is 4.98 Å². The second-order valence-electron chi connectivity index (χ2n) is 1.58. The SMILES string of the molecule is C=CCSc1ncc[s+]1[O-]. The molecular formula is C6H7NOS2. The van der Waals surface area contributed by atoms with Crippen LogP contribution in [0.25, 0.3) is 0 Å². The smallest absolute Gasteiger partial charge is 0.301 e. The van der Waals surface area contributed by atoms with Gasteiger partial charge < -0.3 is 4.55 Å². The van der Waals surface area contributed by atoms with Crippen molar-refractivity contribution in [3.05, 3.63) is 24.2 Å². The minimum atomic E-state index is -0.977. The van der Waals surface area contributed by atoms with E-state index in [2.05, 4.69) is 11.6 Å². The van der Waals surface area contributed by atoms with E-state index in [0.717, 1.165) is 5.75 Å². The molecule has 2 nitrogen and oxygen atoms in total. The fourth-order valence-corrected chi connectivity index (χ4v) is 2.17. The van der Waals surface area contributed by atoms with Gasteiger partial charge in [-0.05, 0) is 22.5 Å². The maximum Gasteiger partial charge on any atom is 0.301 e. The summed E-state index contributed by atoms with van der Waals surface area (Å²) in [6.07, 6.45) is 3.34. The van der Waals surface area contributed by atoms with Crippen molar-refractivity contribution in [3.8, 4) is 0 Å². The van der Waals surface area contributed by atoms with Crippen LogP contribution >= 0.6 is 22.5 Å². The average Bonchev–Trinajstić information content (AvgIpc) is 2.31. The Morgan fingerprint density at radius 1 is 1.90 bits per heavy atom. The lowest BCUT2D eigenvalue weighted by Gasteiger charge is -1.89. The largest absolute Gasteiger partial charge is 0.589 e. The summed E-state index contributed by atoms with van der Waals surface area (Å²) in [4.78, 5) is 3.91. The number of aromatic nitrogens is 1.